The second-order valence-corrected chi connectivity index (χ2v) is 7.53. The van der Waals surface area contributed by atoms with Crippen LogP contribution in [0.1, 0.15) is 31.8 Å². The maximum Gasteiger partial charge on any atom is 0.326 e. The topological polar surface area (TPSA) is 110 Å². The first kappa shape index (κ1) is 18.0. The summed E-state index contributed by atoms with van der Waals surface area (Å²) in [6.07, 6.45) is 5.29. The molecule has 2 aliphatic rings. The van der Waals surface area contributed by atoms with E-state index >= 15 is 0 Å². The predicted octanol–water partition coefficient (Wildman–Crippen LogP) is 1.37. The lowest BCUT2D eigenvalue weighted by Crippen LogP contribution is -2.52. The summed E-state index contributed by atoms with van der Waals surface area (Å²) >= 11 is 0. The number of anilines is 2. The number of ether oxygens (including phenoxy) is 1. The van der Waals surface area contributed by atoms with Crippen LogP contribution in [0.2, 0.25) is 0 Å². The number of nitrogens with zero attached hydrogens (tertiary/aromatic N) is 6. The van der Waals surface area contributed by atoms with Crippen molar-refractivity contribution < 1.29 is 9.53 Å². The van der Waals surface area contributed by atoms with E-state index in [1.807, 2.05) is 17.3 Å². The number of cyclic esters (lactones) is 1. The molecule has 2 atom stereocenters. The Balaban J connectivity index is 1.41. The molecule has 2 fully saturated rings. The molecule has 0 bridgehead atoms. The number of imidazole rings is 1. The summed E-state index contributed by atoms with van der Waals surface area (Å²) in [6.45, 7) is 5.75. The minimum absolute atomic E-state index is 0.125. The molecule has 2 N–H and O–H groups in total. The molecule has 2 aliphatic heterocycles. The van der Waals surface area contributed by atoms with Crippen LogP contribution < -0.4 is 10.6 Å². The SMILES string of the molecule is CC(C)n1cnc2cnc(Nc3ccnc(C4CNCC5C(=O)OCN54)n3)cc21. The number of hydrogen-bond acceptors (Lipinski definition) is 9. The van der Waals surface area contributed by atoms with Gasteiger partial charge < -0.3 is 19.9 Å². The number of esters is 1. The number of piperazine rings is 1. The number of aromatic nitrogens is 5. The molecular formula is C19H22N8O2. The van der Waals surface area contributed by atoms with Crippen LogP contribution >= 0.6 is 0 Å². The summed E-state index contributed by atoms with van der Waals surface area (Å²) in [5.74, 6) is 1.77. The zero-order valence-electron chi connectivity index (χ0n) is 16.2. The largest absolute Gasteiger partial charge is 0.448 e. The highest BCUT2D eigenvalue weighted by molar-refractivity contribution is 5.78. The molecule has 2 unspecified atom stereocenters. The molecule has 3 aromatic heterocycles. The molecule has 10 heteroatoms. The fourth-order valence-electron chi connectivity index (χ4n) is 3.83. The summed E-state index contributed by atoms with van der Waals surface area (Å²) in [6, 6.07) is 3.66. The highest BCUT2D eigenvalue weighted by Gasteiger charge is 2.43. The Morgan fingerprint density at radius 3 is 2.93 bits per heavy atom. The zero-order valence-corrected chi connectivity index (χ0v) is 16.2. The van der Waals surface area contributed by atoms with E-state index in [1.54, 1.807) is 18.5 Å². The lowest BCUT2D eigenvalue weighted by molar-refractivity contribution is -0.139. The Labute approximate surface area is 167 Å². The van der Waals surface area contributed by atoms with Crippen molar-refractivity contribution in [3.8, 4) is 0 Å². The molecule has 29 heavy (non-hydrogen) atoms. The first-order valence-corrected chi connectivity index (χ1v) is 9.66. The molecule has 10 nitrogen and oxygen atoms in total. The average Bonchev–Trinajstić information content (AvgIpc) is 3.32. The number of rotatable bonds is 4. The Bertz CT molecular complexity index is 1070. The highest BCUT2D eigenvalue weighted by Crippen LogP contribution is 2.28. The number of carbonyl (C=O) groups is 1. The van der Waals surface area contributed by atoms with E-state index in [4.69, 9.17) is 4.74 Å². The van der Waals surface area contributed by atoms with Crippen LogP contribution in [0.4, 0.5) is 11.6 Å². The van der Waals surface area contributed by atoms with Gasteiger partial charge in [-0.15, -0.1) is 0 Å². The third kappa shape index (κ3) is 3.19. The molecule has 0 aliphatic carbocycles. The second-order valence-electron chi connectivity index (χ2n) is 7.53. The van der Waals surface area contributed by atoms with Gasteiger partial charge in [0.15, 0.2) is 0 Å². The van der Waals surface area contributed by atoms with Crippen LogP contribution in [-0.4, -0.2) is 61.2 Å². The molecule has 150 valence electrons. The van der Waals surface area contributed by atoms with E-state index in [1.165, 1.54) is 0 Å². The number of nitrogens with one attached hydrogen (secondary N) is 2. The zero-order chi connectivity index (χ0) is 20.0. The third-order valence-corrected chi connectivity index (χ3v) is 5.35. The molecule has 5 rings (SSSR count). The minimum Gasteiger partial charge on any atom is -0.448 e. The quantitative estimate of drug-likeness (QED) is 0.634. The maximum atomic E-state index is 11.9. The van der Waals surface area contributed by atoms with Crippen LogP contribution in [0.15, 0.2) is 30.9 Å². The van der Waals surface area contributed by atoms with Crippen LogP contribution in [0, 0.1) is 0 Å². The minimum atomic E-state index is -0.283. The van der Waals surface area contributed by atoms with Gasteiger partial charge in [0.25, 0.3) is 0 Å². The normalized spacial score (nSPS) is 22.1. The number of hydrogen-bond donors (Lipinski definition) is 2. The van der Waals surface area contributed by atoms with Crippen LogP contribution in [0.5, 0.6) is 0 Å². The standard InChI is InChI=1S/C19H22N8O2/c1-11(2)26-9-23-12-6-22-17(5-13(12)26)24-16-3-4-21-18(25-16)14-7-20-8-15-19(28)29-10-27(14)15/h3-6,9,11,14-15,20H,7-8,10H2,1-2H3,(H,21,22,24,25). The second kappa shape index (κ2) is 7.05. The van der Waals surface area contributed by atoms with Gasteiger partial charge in [0, 0.05) is 31.4 Å². The van der Waals surface area contributed by atoms with Gasteiger partial charge >= 0.3 is 5.97 Å². The molecule has 0 aromatic carbocycles. The third-order valence-electron chi connectivity index (χ3n) is 5.35. The number of pyridine rings is 1. The van der Waals surface area contributed by atoms with E-state index in [0.717, 1.165) is 11.0 Å². The van der Waals surface area contributed by atoms with Crippen molar-refractivity contribution in [1.29, 1.82) is 0 Å². The molecule has 0 saturated carbocycles. The Morgan fingerprint density at radius 2 is 2.07 bits per heavy atom. The van der Waals surface area contributed by atoms with Gasteiger partial charge in [-0.3, -0.25) is 4.79 Å². The van der Waals surface area contributed by atoms with Crippen LogP contribution in [-0.2, 0) is 9.53 Å². The number of carbonyl (C=O) groups excluding carboxylic acids is 1. The highest BCUT2D eigenvalue weighted by atomic mass is 16.6. The van der Waals surface area contributed by atoms with Crippen LogP contribution in [0.3, 0.4) is 0 Å². The fraction of sp³-hybridized carbons (Fsp3) is 0.421. The van der Waals surface area contributed by atoms with E-state index in [-0.39, 0.29) is 24.8 Å². The average molecular weight is 394 g/mol. The Kier molecular flexibility index (Phi) is 4.36. The van der Waals surface area contributed by atoms with Crippen molar-refractivity contribution in [3.63, 3.8) is 0 Å². The Hall–Kier alpha value is -3.11. The Morgan fingerprint density at radius 1 is 1.21 bits per heavy atom. The summed E-state index contributed by atoms with van der Waals surface area (Å²) in [4.78, 5) is 31.8. The first-order chi connectivity index (χ1) is 14.1. The molecule has 2 saturated heterocycles. The van der Waals surface area contributed by atoms with Crippen LogP contribution in [0.25, 0.3) is 11.0 Å². The van der Waals surface area contributed by atoms with Gasteiger partial charge in [0.1, 0.15) is 35.7 Å². The predicted molar refractivity (Wildman–Crippen MR) is 105 cm³/mol. The van der Waals surface area contributed by atoms with E-state index in [2.05, 4.69) is 49.0 Å². The maximum absolute atomic E-state index is 11.9. The number of fused-ring (bicyclic) bond motifs is 2. The van der Waals surface area contributed by atoms with Gasteiger partial charge in [0.05, 0.1) is 24.1 Å². The molecule has 0 radical (unpaired) electrons. The fourth-order valence-corrected chi connectivity index (χ4v) is 3.83. The van der Waals surface area contributed by atoms with Crippen molar-refractivity contribution in [2.24, 2.45) is 0 Å². The van der Waals surface area contributed by atoms with E-state index in [9.17, 15) is 4.79 Å². The first-order valence-electron chi connectivity index (χ1n) is 9.66. The molecule has 3 aromatic rings. The monoisotopic (exact) mass is 394 g/mol. The van der Waals surface area contributed by atoms with Gasteiger partial charge in [-0.1, -0.05) is 0 Å². The van der Waals surface area contributed by atoms with Gasteiger partial charge in [-0.2, -0.15) is 0 Å². The van der Waals surface area contributed by atoms with Crippen molar-refractivity contribution in [3.05, 3.63) is 36.7 Å². The van der Waals surface area contributed by atoms with Crippen molar-refractivity contribution in [1.82, 2.24) is 34.7 Å². The van der Waals surface area contributed by atoms with Gasteiger partial charge in [-0.25, -0.2) is 24.8 Å². The molecule has 0 spiro atoms. The smallest absolute Gasteiger partial charge is 0.326 e. The lowest BCUT2D eigenvalue weighted by atomic mass is 10.1. The van der Waals surface area contributed by atoms with E-state index < -0.39 is 0 Å². The van der Waals surface area contributed by atoms with Gasteiger partial charge in [0.2, 0.25) is 0 Å². The molecule has 0 amide bonds. The summed E-state index contributed by atoms with van der Waals surface area (Å²) in [5, 5.41) is 6.53. The van der Waals surface area contributed by atoms with Crippen molar-refractivity contribution in [2.75, 3.05) is 25.1 Å². The van der Waals surface area contributed by atoms with Crippen molar-refractivity contribution >= 4 is 28.6 Å². The van der Waals surface area contributed by atoms with Crippen molar-refractivity contribution in [2.45, 2.75) is 32.0 Å². The summed E-state index contributed by atoms with van der Waals surface area (Å²) < 4.78 is 7.30. The lowest BCUT2D eigenvalue weighted by Gasteiger charge is -2.33. The summed E-state index contributed by atoms with van der Waals surface area (Å²) in [5.41, 5.74) is 1.87. The summed E-state index contributed by atoms with van der Waals surface area (Å²) in [7, 11) is 0. The van der Waals surface area contributed by atoms with Gasteiger partial charge in [-0.05, 0) is 19.9 Å². The van der Waals surface area contributed by atoms with E-state index in [0.29, 0.717) is 36.6 Å². The molecular weight excluding hydrogens is 372 g/mol. The molecule has 5 heterocycles.